The summed E-state index contributed by atoms with van der Waals surface area (Å²) in [4.78, 5) is 0. The molecule has 0 bridgehead atoms. The zero-order valence-corrected chi connectivity index (χ0v) is 12.9. The average molecular weight is 338 g/mol. The van der Waals surface area contributed by atoms with E-state index in [0.717, 1.165) is 30.0 Å². The summed E-state index contributed by atoms with van der Waals surface area (Å²) in [6, 6.07) is 12.9. The van der Waals surface area contributed by atoms with Gasteiger partial charge >= 0.3 is 0 Å². The van der Waals surface area contributed by atoms with Gasteiger partial charge in [-0.05, 0) is 58.2 Å². The van der Waals surface area contributed by atoms with Crippen molar-refractivity contribution in [1.29, 1.82) is 0 Å². The molecule has 0 unspecified atom stereocenters. The van der Waals surface area contributed by atoms with Gasteiger partial charge in [0.25, 0.3) is 0 Å². The van der Waals surface area contributed by atoms with E-state index < -0.39 is 0 Å². The van der Waals surface area contributed by atoms with E-state index in [-0.39, 0.29) is 5.82 Å². The van der Waals surface area contributed by atoms with Gasteiger partial charge in [-0.25, -0.2) is 4.39 Å². The highest BCUT2D eigenvalue weighted by atomic mass is 79.9. The number of benzene rings is 2. The molecule has 0 fully saturated rings. The minimum Gasteiger partial charge on any atom is -0.494 e. The van der Waals surface area contributed by atoms with Crippen LogP contribution >= 0.6 is 15.9 Å². The van der Waals surface area contributed by atoms with Crippen LogP contribution < -0.4 is 10.1 Å². The number of halogens is 2. The zero-order valence-electron chi connectivity index (χ0n) is 11.3. The molecule has 2 aromatic carbocycles. The molecule has 0 saturated heterocycles. The largest absolute Gasteiger partial charge is 0.494 e. The van der Waals surface area contributed by atoms with E-state index in [1.54, 1.807) is 6.07 Å². The SMILES string of the molecule is CCCOc1ccc(CNc2ccc(Br)c(F)c2)cc1. The van der Waals surface area contributed by atoms with Gasteiger partial charge in [0, 0.05) is 12.2 Å². The maximum Gasteiger partial charge on any atom is 0.139 e. The molecule has 20 heavy (non-hydrogen) atoms. The quantitative estimate of drug-likeness (QED) is 0.801. The van der Waals surface area contributed by atoms with E-state index in [4.69, 9.17) is 4.74 Å². The molecule has 2 aromatic rings. The molecule has 0 aromatic heterocycles. The van der Waals surface area contributed by atoms with Crippen LogP contribution in [0.4, 0.5) is 10.1 Å². The fourth-order valence-electron chi connectivity index (χ4n) is 1.73. The summed E-state index contributed by atoms with van der Waals surface area (Å²) in [6.45, 7) is 3.46. The van der Waals surface area contributed by atoms with Gasteiger partial charge < -0.3 is 10.1 Å². The van der Waals surface area contributed by atoms with Gasteiger partial charge in [0.2, 0.25) is 0 Å². The molecule has 0 atom stereocenters. The smallest absolute Gasteiger partial charge is 0.139 e. The maximum absolute atomic E-state index is 13.4. The number of rotatable bonds is 6. The van der Waals surface area contributed by atoms with Crippen molar-refractivity contribution < 1.29 is 9.13 Å². The Balaban J connectivity index is 1.91. The van der Waals surface area contributed by atoms with Crippen LogP contribution in [0.3, 0.4) is 0 Å². The van der Waals surface area contributed by atoms with E-state index in [2.05, 4.69) is 28.2 Å². The number of hydrogen-bond acceptors (Lipinski definition) is 2. The molecule has 106 valence electrons. The molecular formula is C16H17BrFNO. The molecule has 2 nitrogen and oxygen atoms in total. The van der Waals surface area contributed by atoms with Crippen molar-refractivity contribution in [3.05, 3.63) is 58.3 Å². The van der Waals surface area contributed by atoms with Gasteiger partial charge in [-0.15, -0.1) is 0 Å². The third-order valence-electron chi connectivity index (χ3n) is 2.81. The maximum atomic E-state index is 13.4. The van der Waals surface area contributed by atoms with Crippen molar-refractivity contribution >= 4 is 21.6 Å². The minimum absolute atomic E-state index is 0.265. The first kappa shape index (κ1) is 14.9. The van der Waals surface area contributed by atoms with Crippen LogP contribution in [0.2, 0.25) is 0 Å². The van der Waals surface area contributed by atoms with Crippen molar-refractivity contribution in [2.45, 2.75) is 19.9 Å². The van der Waals surface area contributed by atoms with Crippen LogP contribution in [0.1, 0.15) is 18.9 Å². The Morgan fingerprint density at radius 3 is 2.55 bits per heavy atom. The standard InChI is InChI=1S/C16H17BrFNO/c1-2-9-20-14-6-3-12(4-7-14)11-19-13-5-8-15(17)16(18)10-13/h3-8,10,19H,2,9,11H2,1H3. The van der Waals surface area contributed by atoms with E-state index in [1.165, 1.54) is 6.07 Å². The van der Waals surface area contributed by atoms with Crippen molar-refractivity contribution in [2.24, 2.45) is 0 Å². The van der Waals surface area contributed by atoms with Crippen molar-refractivity contribution in [2.75, 3.05) is 11.9 Å². The Hall–Kier alpha value is -1.55. The highest BCUT2D eigenvalue weighted by Gasteiger charge is 2.01. The number of hydrogen-bond donors (Lipinski definition) is 1. The highest BCUT2D eigenvalue weighted by molar-refractivity contribution is 9.10. The van der Waals surface area contributed by atoms with Crippen LogP contribution in [0.5, 0.6) is 5.75 Å². The van der Waals surface area contributed by atoms with Crippen LogP contribution in [-0.4, -0.2) is 6.61 Å². The summed E-state index contributed by atoms with van der Waals surface area (Å²) in [5, 5.41) is 3.19. The molecule has 4 heteroatoms. The molecule has 0 spiro atoms. The monoisotopic (exact) mass is 337 g/mol. The lowest BCUT2D eigenvalue weighted by atomic mass is 10.2. The molecule has 0 aliphatic rings. The number of anilines is 1. The summed E-state index contributed by atoms with van der Waals surface area (Å²) in [5.74, 6) is 0.614. The van der Waals surface area contributed by atoms with Crippen LogP contribution in [0.15, 0.2) is 46.9 Å². The van der Waals surface area contributed by atoms with E-state index in [1.807, 2.05) is 30.3 Å². The average Bonchev–Trinajstić information content (AvgIpc) is 2.47. The van der Waals surface area contributed by atoms with Crippen molar-refractivity contribution in [3.8, 4) is 5.75 Å². The third-order valence-corrected chi connectivity index (χ3v) is 3.46. The lowest BCUT2D eigenvalue weighted by Gasteiger charge is -2.09. The topological polar surface area (TPSA) is 21.3 Å². The first-order valence-electron chi connectivity index (χ1n) is 6.59. The Kier molecular flexibility index (Phi) is 5.41. The van der Waals surface area contributed by atoms with Crippen LogP contribution in [0, 0.1) is 5.82 Å². The Bertz CT molecular complexity index is 557. The normalized spacial score (nSPS) is 10.3. The zero-order chi connectivity index (χ0) is 14.4. The van der Waals surface area contributed by atoms with Crippen LogP contribution in [0.25, 0.3) is 0 Å². The van der Waals surface area contributed by atoms with Gasteiger partial charge in [0.05, 0.1) is 11.1 Å². The molecule has 0 heterocycles. The molecule has 0 aliphatic heterocycles. The summed E-state index contributed by atoms with van der Waals surface area (Å²) < 4.78 is 19.4. The third kappa shape index (κ3) is 4.23. The van der Waals surface area contributed by atoms with Crippen molar-refractivity contribution in [1.82, 2.24) is 0 Å². The summed E-state index contributed by atoms with van der Waals surface area (Å²) in [7, 11) is 0. The van der Waals surface area contributed by atoms with E-state index in [0.29, 0.717) is 11.0 Å². The first-order valence-corrected chi connectivity index (χ1v) is 7.39. The second kappa shape index (κ2) is 7.29. The number of ether oxygens (including phenoxy) is 1. The molecular weight excluding hydrogens is 321 g/mol. The predicted molar refractivity (Wildman–Crippen MR) is 83.7 cm³/mol. The molecule has 0 amide bonds. The molecule has 1 N–H and O–H groups in total. The Morgan fingerprint density at radius 2 is 1.90 bits per heavy atom. The van der Waals surface area contributed by atoms with Gasteiger partial charge in [-0.3, -0.25) is 0 Å². The van der Waals surface area contributed by atoms with E-state index >= 15 is 0 Å². The van der Waals surface area contributed by atoms with Gasteiger partial charge in [0.1, 0.15) is 11.6 Å². The van der Waals surface area contributed by atoms with E-state index in [9.17, 15) is 4.39 Å². The molecule has 0 radical (unpaired) electrons. The second-order valence-corrected chi connectivity index (χ2v) is 5.33. The van der Waals surface area contributed by atoms with Gasteiger partial charge in [0.15, 0.2) is 0 Å². The summed E-state index contributed by atoms with van der Waals surface area (Å²) >= 11 is 3.14. The summed E-state index contributed by atoms with van der Waals surface area (Å²) in [6.07, 6.45) is 0.998. The predicted octanol–water partition coefficient (Wildman–Crippen LogP) is 4.99. The first-order chi connectivity index (χ1) is 9.69. The lowest BCUT2D eigenvalue weighted by molar-refractivity contribution is 0.317. The fraction of sp³-hybridized carbons (Fsp3) is 0.250. The van der Waals surface area contributed by atoms with Crippen LogP contribution in [-0.2, 0) is 6.54 Å². The molecule has 0 aliphatic carbocycles. The van der Waals surface area contributed by atoms with Gasteiger partial charge in [-0.1, -0.05) is 19.1 Å². The Morgan fingerprint density at radius 1 is 1.15 bits per heavy atom. The second-order valence-electron chi connectivity index (χ2n) is 4.47. The van der Waals surface area contributed by atoms with Crippen molar-refractivity contribution in [3.63, 3.8) is 0 Å². The molecule has 0 saturated carbocycles. The summed E-state index contributed by atoms with van der Waals surface area (Å²) in [5.41, 5.74) is 1.88. The highest BCUT2D eigenvalue weighted by Crippen LogP contribution is 2.20. The fourth-order valence-corrected chi connectivity index (χ4v) is 1.98. The Labute approximate surface area is 127 Å². The van der Waals surface area contributed by atoms with Gasteiger partial charge in [-0.2, -0.15) is 0 Å². The molecule has 2 rings (SSSR count). The minimum atomic E-state index is -0.265. The lowest BCUT2D eigenvalue weighted by Crippen LogP contribution is -2.00. The number of nitrogens with one attached hydrogen (secondary N) is 1.